The van der Waals surface area contributed by atoms with Gasteiger partial charge in [0.1, 0.15) is 12.4 Å². The molecule has 0 aliphatic heterocycles. The van der Waals surface area contributed by atoms with E-state index in [0.717, 1.165) is 34.1 Å². The van der Waals surface area contributed by atoms with Gasteiger partial charge in [0.05, 0.1) is 29.4 Å². The summed E-state index contributed by atoms with van der Waals surface area (Å²) < 4.78 is 10.6. The molecule has 0 spiro atoms. The highest BCUT2D eigenvalue weighted by atomic mass is 16.5. The monoisotopic (exact) mass is 326 g/mol. The number of benzene rings is 1. The largest absolute Gasteiger partial charge is 0.487 e. The minimum absolute atomic E-state index is 0.346. The maximum atomic E-state index is 11.3. The number of hydrogen-bond donors (Lipinski definition) is 0. The number of rotatable bonds is 6. The van der Waals surface area contributed by atoms with Crippen LogP contribution in [0.1, 0.15) is 35.3 Å². The van der Waals surface area contributed by atoms with Crippen LogP contribution in [0.3, 0.4) is 0 Å². The molecular formula is C19H22N2O3. The molecule has 0 atom stereocenters. The first-order valence-corrected chi connectivity index (χ1v) is 7.88. The van der Waals surface area contributed by atoms with Crippen LogP contribution in [-0.4, -0.2) is 22.5 Å². The Balaban J connectivity index is 1.97. The van der Waals surface area contributed by atoms with E-state index in [4.69, 9.17) is 9.47 Å². The van der Waals surface area contributed by atoms with Gasteiger partial charge in [-0.15, -0.1) is 0 Å². The Bertz CT molecular complexity index is 737. The maximum absolute atomic E-state index is 11.3. The molecule has 5 heteroatoms. The molecule has 2 rings (SSSR count). The molecule has 2 aromatic rings. The molecule has 0 fully saturated rings. The van der Waals surface area contributed by atoms with E-state index in [1.54, 1.807) is 13.0 Å². The highest BCUT2D eigenvalue weighted by Crippen LogP contribution is 2.16. The molecule has 1 heterocycles. The molecule has 0 aliphatic carbocycles. The zero-order valence-corrected chi connectivity index (χ0v) is 14.5. The minimum Gasteiger partial charge on any atom is -0.487 e. The third-order valence-electron chi connectivity index (χ3n) is 3.53. The zero-order chi connectivity index (χ0) is 17.5. The predicted molar refractivity (Wildman–Crippen MR) is 92.7 cm³/mol. The van der Waals surface area contributed by atoms with Gasteiger partial charge in [-0.25, -0.2) is 4.79 Å². The van der Waals surface area contributed by atoms with Gasteiger partial charge in [-0.3, -0.25) is 9.97 Å². The summed E-state index contributed by atoms with van der Waals surface area (Å²) in [6.07, 6.45) is 3.12. The molecule has 0 aliphatic rings. The summed E-state index contributed by atoms with van der Waals surface area (Å²) in [5.74, 6) is 0.393. The fourth-order valence-electron chi connectivity index (χ4n) is 2.08. The van der Waals surface area contributed by atoms with E-state index < -0.39 is 0 Å². The van der Waals surface area contributed by atoms with Crippen molar-refractivity contribution in [1.29, 1.82) is 0 Å². The molecule has 0 bridgehead atoms. The molecule has 0 unspecified atom stereocenters. The Labute approximate surface area is 142 Å². The lowest BCUT2D eigenvalue weighted by atomic mass is 10.2. The topological polar surface area (TPSA) is 61.3 Å². The van der Waals surface area contributed by atoms with Gasteiger partial charge in [0.2, 0.25) is 0 Å². The Morgan fingerprint density at radius 2 is 1.71 bits per heavy atom. The summed E-state index contributed by atoms with van der Waals surface area (Å²) in [7, 11) is 0. The van der Waals surface area contributed by atoms with Crippen molar-refractivity contribution < 1.29 is 14.3 Å². The van der Waals surface area contributed by atoms with Crippen LogP contribution in [0, 0.1) is 20.8 Å². The zero-order valence-electron chi connectivity index (χ0n) is 14.5. The lowest BCUT2D eigenvalue weighted by Crippen LogP contribution is -2.06. The van der Waals surface area contributed by atoms with E-state index in [2.05, 4.69) is 9.97 Å². The quantitative estimate of drug-likeness (QED) is 0.600. The third-order valence-corrected chi connectivity index (χ3v) is 3.53. The van der Waals surface area contributed by atoms with Crippen LogP contribution in [0.15, 0.2) is 30.3 Å². The first-order valence-electron chi connectivity index (χ1n) is 7.88. The molecule has 0 saturated carbocycles. The number of aromatic nitrogens is 2. The normalized spacial score (nSPS) is 10.8. The van der Waals surface area contributed by atoms with Crippen molar-refractivity contribution in [1.82, 2.24) is 9.97 Å². The van der Waals surface area contributed by atoms with Crippen molar-refractivity contribution in [2.24, 2.45) is 0 Å². The van der Waals surface area contributed by atoms with Crippen LogP contribution >= 0.6 is 0 Å². The average molecular weight is 326 g/mol. The number of aryl methyl sites for hydroxylation is 3. The Kier molecular flexibility index (Phi) is 6.07. The third kappa shape index (κ3) is 4.91. The number of ether oxygens (including phenoxy) is 2. The second kappa shape index (κ2) is 8.24. The van der Waals surface area contributed by atoms with Crippen LogP contribution in [0.4, 0.5) is 0 Å². The molecule has 0 radical (unpaired) electrons. The molecule has 126 valence electrons. The van der Waals surface area contributed by atoms with E-state index in [0.29, 0.717) is 13.2 Å². The number of hydrogen-bond acceptors (Lipinski definition) is 5. The fraction of sp³-hybridized carbons (Fsp3) is 0.316. The molecule has 24 heavy (non-hydrogen) atoms. The van der Waals surface area contributed by atoms with Gasteiger partial charge in [0.25, 0.3) is 0 Å². The predicted octanol–water partition coefficient (Wildman–Crippen LogP) is 3.56. The Hall–Kier alpha value is -2.69. The van der Waals surface area contributed by atoms with Gasteiger partial charge in [-0.2, -0.15) is 0 Å². The van der Waals surface area contributed by atoms with E-state index >= 15 is 0 Å². The van der Waals surface area contributed by atoms with Gasteiger partial charge in [-0.05, 0) is 51.5 Å². The Morgan fingerprint density at radius 3 is 2.38 bits per heavy atom. The van der Waals surface area contributed by atoms with Gasteiger partial charge in [-0.1, -0.05) is 12.1 Å². The first-order chi connectivity index (χ1) is 11.5. The molecule has 1 aromatic carbocycles. The summed E-state index contributed by atoms with van der Waals surface area (Å²) in [4.78, 5) is 20.3. The summed E-state index contributed by atoms with van der Waals surface area (Å²) in [5, 5.41) is 0. The van der Waals surface area contributed by atoms with Crippen LogP contribution in [0.5, 0.6) is 5.75 Å². The highest BCUT2D eigenvalue weighted by molar-refractivity contribution is 5.87. The SMILES string of the molecule is CCOC(=O)/C=C/c1ccc(OCc2nc(C)c(C)nc2C)cc1. The van der Waals surface area contributed by atoms with Gasteiger partial charge >= 0.3 is 5.97 Å². The first kappa shape index (κ1) is 17.7. The number of nitrogens with zero attached hydrogens (tertiary/aromatic N) is 2. The molecule has 5 nitrogen and oxygen atoms in total. The fourth-order valence-corrected chi connectivity index (χ4v) is 2.08. The maximum Gasteiger partial charge on any atom is 0.330 e. The number of carbonyl (C=O) groups excluding carboxylic acids is 1. The van der Waals surface area contributed by atoms with Crippen LogP contribution in [0.25, 0.3) is 6.08 Å². The van der Waals surface area contributed by atoms with E-state index in [1.165, 1.54) is 6.08 Å². The van der Waals surface area contributed by atoms with E-state index in [1.807, 2.05) is 45.0 Å². The van der Waals surface area contributed by atoms with Gasteiger partial charge in [0.15, 0.2) is 0 Å². The average Bonchev–Trinajstić information content (AvgIpc) is 2.56. The lowest BCUT2D eigenvalue weighted by molar-refractivity contribution is -0.137. The van der Waals surface area contributed by atoms with Crippen molar-refractivity contribution >= 4 is 12.0 Å². The summed E-state index contributed by atoms with van der Waals surface area (Å²) in [5.41, 5.74) is 4.47. The van der Waals surface area contributed by atoms with Crippen LogP contribution < -0.4 is 4.74 Å². The highest BCUT2D eigenvalue weighted by Gasteiger charge is 2.06. The smallest absolute Gasteiger partial charge is 0.330 e. The second-order valence-electron chi connectivity index (χ2n) is 5.37. The van der Waals surface area contributed by atoms with Crippen molar-refractivity contribution in [2.75, 3.05) is 6.61 Å². The second-order valence-corrected chi connectivity index (χ2v) is 5.37. The van der Waals surface area contributed by atoms with Crippen molar-refractivity contribution in [3.63, 3.8) is 0 Å². The molecule has 0 amide bonds. The van der Waals surface area contributed by atoms with Crippen molar-refractivity contribution in [3.8, 4) is 5.75 Å². The molecule has 0 saturated heterocycles. The summed E-state index contributed by atoms with van der Waals surface area (Å²) in [6.45, 7) is 8.34. The van der Waals surface area contributed by atoms with Gasteiger partial charge < -0.3 is 9.47 Å². The molecule has 0 N–H and O–H groups in total. The standard InChI is InChI=1S/C19H22N2O3/c1-5-23-19(22)11-8-16-6-9-17(10-7-16)24-12-18-15(4)20-13(2)14(3)21-18/h6-11H,5,12H2,1-4H3/b11-8+. The van der Waals surface area contributed by atoms with Crippen LogP contribution in [-0.2, 0) is 16.1 Å². The van der Waals surface area contributed by atoms with E-state index in [9.17, 15) is 4.79 Å². The number of esters is 1. The number of carbonyl (C=O) groups is 1. The minimum atomic E-state index is -0.346. The summed E-state index contributed by atoms with van der Waals surface area (Å²) >= 11 is 0. The van der Waals surface area contributed by atoms with Crippen molar-refractivity contribution in [2.45, 2.75) is 34.3 Å². The summed E-state index contributed by atoms with van der Waals surface area (Å²) in [6, 6.07) is 7.47. The lowest BCUT2D eigenvalue weighted by Gasteiger charge is -2.10. The molecule has 1 aromatic heterocycles. The molecular weight excluding hydrogens is 304 g/mol. The van der Waals surface area contributed by atoms with Crippen LogP contribution in [0.2, 0.25) is 0 Å². The van der Waals surface area contributed by atoms with Crippen molar-refractivity contribution in [3.05, 3.63) is 58.7 Å². The van der Waals surface area contributed by atoms with Gasteiger partial charge in [0, 0.05) is 6.08 Å². The van der Waals surface area contributed by atoms with E-state index in [-0.39, 0.29) is 5.97 Å². The Morgan fingerprint density at radius 1 is 1.04 bits per heavy atom.